The van der Waals surface area contributed by atoms with Gasteiger partial charge in [-0.25, -0.2) is 4.99 Å². The van der Waals surface area contributed by atoms with Crippen LogP contribution in [0.1, 0.15) is 19.4 Å². The summed E-state index contributed by atoms with van der Waals surface area (Å²) >= 11 is 0. The molecule has 2 aromatic rings. The first-order chi connectivity index (χ1) is 10.0. The Hall–Kier alpha value is -1.57. The van der Waals surface area contributed by atoms with Gasteiger partial charge in [-0.3, -0.25) is 4.68 Å². The van der Waals surface area contributed by atoms with E-state index < -0.39 is 0 Å². The van der Waals surface area contributed by atoms with Gasteiger partial charge in [-0.05, 0) is 23.1 Å². The molecule has 0 aliphatic carbocycles. The molecule has 0 saturated carbocycles. The summed E-state index contributed by atoms with van der Waals surface area (Å²) in [4.78, 5) is 4.37. The van der Waals surface area contributed by atoms with Crippen molar-refractivity contribution in [3.8, 4) is 11.1 Å². The van der Waals surface area contributed by atoms with E-state index in [-0.39, 0.29) is 24.0 Å². The van der Waals surface area contributed by atoms with E-state index in [9.17, 15) is 0 Å². The molecule has 1 aromatic carbocycles. The summed E-state index contributed by atoms with van der Waals surface area (Å²) in [7, 11) is 1.92. The number of hydrogen-bond acceptors (Lipinski definition) is 2. The SMILES string of the molecule is CC(C)CNC(N)=NCc1cccc(-c2cnn(C)c2)c1.I. The van der Waals surface area contributed by atoms with Crippen LogP contribution in [-0.4, -0.2) is 22.3 Å². The van der Waals surface area contributed by atoms with Gasteiger partial charge in [0, 0.05) is 25.4 Å². The lowest BCUT2D eigenvalue weighted by atomic mass is 10.1. The molecular weight excluding hydrogens is 389 g/mol. The number of guanidine groups is 1. The van der Waals surface area contributed by atoms with Crippen LogP contribution < -0.4 is 11.1 Å². The first-order valence-corrected chi connectivity index (χ1v) is 7.16. The van der Waals surface area contributed by atoms with Crippen molar-refractivity contribution in [3.63, 3.8) is 0 Å². The standard InChI is InChI=1S/C16H23N5.HI/c1-12(2)8-18-16(17)19-9-13-5-4-6-14(7-13)15-10-20-21(3)11-15;/h4-7,10-12H,8-9H2,1-3H3,(H3,17,18,19);1H. The van der Waals surface area contributed by atoms with E-state index >= 15 is 0 Å². The van der Waals surface area contributed by atoms with Gasteiger partial charge in [-0.15, -0.1) is 24.0 Å². The molecular formula is C16H24IN5. The van der Waals surface area contributed by atoms with Crippen LogP contribution in [0.15, 0.2) is 41.7 Å². The number of aromatic nitrogens is 2. The normalized spacial score (nSPS) is 11.4. The van der Waals surface area contributed by atoms with Crippen LogP contribution in [0.4, 0.5) is 0 Å². The lowest BCUT2D eigenvalue weighted by Crippen LogP contribution is -2.34. The fourth-order valence-corrected chi connectivity index (χ4v) is 1.96. The molecule has 0 radical (unpaired) electrons. The maximum Gasteiger partial charge on any atom is 0.188 e. The number of rotatable bonds is 5. The zero-order chi connectivity index (χ0) is 15.2. The van der Waals surface area contributed by atoms with E-state index in [4.69, 9.17) is 5.73 Å². The monoisotopic (exact) mass is 413 g/mol. The molecule has 0 atom stereocenters. The number of aryl methyl sites for hydroxylation is 1. The minimum Gasteiger partial charge on any atom is -0.370 e. The van der Waals surface area contributed by atoms with Crippen LogP contribution in [0.25, 0.3) is 11.1 Å². The van der Waals surface area contributed by atoms with E-state index in [2.05, 4.69) is 47.5 Å². The second-order valence-electron chi connectivity index (χ2n) is 5.58. The molecule has 5 nitrogen and oxygen atoms in total. The Bertz CT molecular complexity index is 619. The van der Waals surface area contributed by atoms with Crippen LogP contribution in [0.2, 0.25) is 0 Å². The van der Waals surface area contributed by atoms with Gasteiger partial charge in [-0.1, -0.05) is 32.0 Å². The van der Waals surface area contributed by atoms with E-state index in [0.717, 1.165) is 23.2 Å². The number of aliphatic imine (C=N–C) groups is 1. The maximum atomic E-state index is 5.85. The average molecular weight is 413 g/mol. The summed E-state index contributed by atoms with van der Waals surface area (Å²) < 4.78 is 1.80. The highest BCUT2D eigenvalue weighted by Crippen LogP contribution is 2.19. The Morgan fingerprint density at radius 1 is 1.36 bits per heavy atom. The Kier molecular flexibility index (Phi) is 7.37. The zero-order valence-electron chi connectivity index (χ0n) is 13.3. The molecule has 1 aromatic heterocycles. The Morgan fingerprint density at radius 2 is 2.14 bits per heavy atom. The van der Waals surface area contributed by atoms with Crippen molar-refractivity contribution in [2.45, 2.75) is 20.4 Å². The molecule has 0 saturated heterocycles. The van der Waals surface area contributed by atoms with Gasteiger partial charge in [0.25, 0.3) is 0 Å². The predicted molar refractivity (Wildman–Crippen MR) is 102 cm³/mol. The van der Waals surface area contributed by atoms with Gasteiger partial charge in [0.1, 0.15) is 0 Å². The number of nitrogens with one attached hydrogen (secondary N) is 1. The topological polar surface area (TPSA) is 68.2 Å². The van der Waals surface area contributed by atoms with Crippen molar-refractivity contribution in [2.24, 2.45) is 23.7 Å². The van der Waals surface area contributed by atoms with E-state index in [1.165, 1.54) is 0 Å². The van der Waals surface area contributed by atoms with Crippen LogP contribution in [-0.2, 0) is 13.6 Å². The first kappa shape index (κ1) is 18.5. The molecule has 2 rings (SSSR count). The van der Waals surface area contributed by atoms with Crippen molar-refractivity contribution in [2.75, 3.05) is 6.54 Å². The molecule has 0 unspecified atom stereocenters. The van der Waals surface area contributed by atoms with Crippen molar-refractivity contribution in [1.29, 1.82) is 0 Å². The average Bonchev–Trinajstić information content (AvgIpc) is 2.90. The van der Waals surface area contributed by atoms with Crippen molar-refractivity contribution >= 4 is 29.9 Å². The third-order valence-electron chi connectivity index (χ3n) is 3.09. The van der Waals surface area contributed by atoms with Crippen molar-refractivity contribution in [3.05, 3.63) is 42.2 Å². The second-order valence-corrected chi connectivity index (χ2v) is 5.58. The number of nitrogens with two attached hydrogens (primary N) is 1. The molecule has 120 valence electrons. The quantitative estimate of drug-likeness (QED) is 0.450. The second kappa shape index (κ2) is 8.77. The fourth-order valence-electron chi connectivity index (χ4n) is 1.96. The van der Waals surface area contributed by atoms with Crippen LogP contribution in [0.5, 0.6) is 0 Å². The van der Waals surface area contributed by atoms with Crippen LogP contribution in [0.3, 0.4) is 0 Å². The summed E-state index contributed by atoms with van der Waals surface area (Å²) in [5.74, 6) is 1.04. The van der Waals surface area contributed by atoms with E-state index in [1.54, 1.807) is 4.68 Å². The van der Waals surface area contributed by atoms with E-state index in [0.29, 0.717) is 18.4 Å². The Balaban J connectivity index is 0.00000242. The molecule has 1 heterocycles. The van der Waals surface area contributed by atoms with E-state index in [1.807, 2.05) is 25.5 Å². The van der Waals surface area contributed by atoms with Gasteiger partial charge >= 0.3 is 0 Å². The minimum absolute atomic E-state index is 0. The summed E-state index contributed by atoms with van der Waals surface area (Å²) in [6.45, 7) is 5.69. The third kappa shape index (κ3) is 5.67. The molecule has 0 amide bonds. The molecule has 0 spiro atoms. The molecule has 3 N–H and O–H groups in total. The molecule has 22 heavy (non-hydrogen) atoms. The smallest absolute Gasteiger partial charge is 0.188 e. The highest BCUT2D eigenvalue weighted by atomic mass is 127. The van der Waals surface area contributed by atoms with Crippen molar-refractivity contribution in [1.82, 2.24) is 15.1 Å². The lowest BCUT2D eigenvalue weighted by Gasteiger charge is -2.08. The van der Waals surface area contributed by atoms with Crippen LogP contribution in [0, 0.1) is 5.92 Å². The number of hydrogen-bond donors (Lipinski definition) is 2. The highest BCUT2D eigenvalue weighted by Gasteiger charge is 2.02. The largest absolute Gasteiger partial charge is 0.370 e. The van der Waals surface area contributed by atoms with Gasteiger partial charge in [0.2, 0.25) is 0 Å². The number of benzene rings is 1. The van der Waals surface area contributed by atoms with Gasteiger partial charge in [0.05, 0.1) is 12.7 Å². The lowest BCUT2D eigenvalue weighted by molar-refractivity contribution is 0.622. The summed E-state index contributed by atoms with van der Waals surface area (Å²) in [6.07, 6.45) is 3.86. The zero-order valence-corrected chi connectivity index (χ0v) is 15.6. The first-order valence-electron chi connectivity index (χ1n) is 7.16. The van der Waals surface area contributed by atoms with Gasteiger partial charge in [0.15, 0.2) is 5.96 Å². The highest BCUT2D eigenvalue weighted by molar-refractivity contribution is 14.0. The molecule has 0 bridgehead atoms. The maximum absolute atomic E-state index is 5.85. The Labute approximate surface area is 149 Å². The van der Waals surface area contributed by atoms with Gasteiger partial charge < -0.3 is 11.1 Å². The summed E-state index contributed by atoms with van der Waals surface area (Å²) in [5, 5.41) is 7.31. The summed E-state index contributed by atoms with van der Waals surface area (Å²) in [6, 6.07) is 8.28. The van der Waals surface area contributed by atoms with Crippen LogP contribution >= 0.6 is 24.0 Å². The van der Waals surface area contributed by atoms with Gasteiger partial charge in [-0.2, -0.15) is 5.10 Å². The third-order valence-corrected chi connectivity index (χ3v) is 3.09. The minimum atomic E-state index is 0. The molecule has 0 aliphatic heterocycles. The molecule has 0 fully saturated rings. The molecule has 0 aliphatic rings. The predicted octanol–water partition coefficient (Wildman–Crippen LogP) is 2.77. The fraction of sp³-hybridized carbons (Fsp3) is 0.375. The number of nitrogens with zero attached hydrogens (tertiary/aromatic N) is 3. The summed E-state index contributed by atoms with van der Waals surface area (Å²) in [5.41, 5.74) is 9.23. The van der Waals surface area contributed by atoms with Crippen molar-refractivity contribution < 1.29 is 0 Å². The number of halogens is 1. The Morgan fingerprint density at radius 3 is 2.77 bits per heavy atom. The molecule has 6 heteroatoms.